The zero-order valence-electron chi connectivity index (χ0n) is 16.4. The molecule has 6 heteroatoms. The van der Waals surface area contributed by atoms with Crippen molar-refractivity contribution in [2.45, 2.75) is 44.5 Å². The fourth-order valence-electron chi connectivity index (χ4n) is 2.91. The minimum absolute atomic E-state index is 0. The van der Waals surface area contributed by atoms with Crippen LogP contribution in [-0.4, -0.2) is 15.0 Å². The fraction of sp³-hybridized carbons (Fsp3) is 0.227. The molecule has 0 aliphatic carbocycles. The van der Waals surface area contributed by atoms with Crippen LogP contribution >= 0.6 is 0 Å². The van der Waals surface area contributed by atoms with Gasteiger partial charge in [0.1, 0.15) is 0 Å². The Hall–Kier alpha value is -1.68. The molecule has 0 spiro atoms. The Kier molecular flexibility index (Phi) is 7.44. The minimum atomic E-state index is 0. The van der Waals surface area contributed by atoms with Gasteiger partial charge in [0.2, 0.25) is 0 Å². The van der Waals surface area contributed by atoms with Crippen molar-refractivity contribution in [1.82, 2.24) is 15.0 Å². The molecule has 0 saturated carbocycles. The molecule has 28 heavy (non-hydrogen) atoms. The number of fused-ring (bicyclic) bond motifs is 3. The number of hydrogen-bond donors (Lipinski definition) is 0. The molecule has 0 bridgehead atoms. The second-order valence-corrected chi connectivity index (χ2v) is 7.57. The SMILES string of the molecule is Cc1ccc([S-])c([S-])n1.Cc1cnc2c(ccc3c(C)c(C)cnc32)c1C.[Pt+2]. The van der Waals surface area contributed by atoms with E-state index in [9.17, 15) is 0 Å². The number of benzene rings is 1. The van der Waals surface area contributed by atoms with Crippen molar-refractivity contribution >= 4 is 47.1 Å². The Labute approximate surface area is 191 Å². The molecule has 4 aromatic rings. The van der Waals surface area contributed by atoms with E-state index in [4.69, 9.17) is 25.3 Å². The summed E-state index contributed by atoms with van der Waals surface area (Å²) in [5.74, 6) is 0. The van der Waals surface area contributed by atoms with Gasteiger partial charge >= 0.3 is 21.1 Å². The third kappa shape index (κ3) is 4.48. The van der Waals surface area contributed by atoms with Crippen LogP contribution in [0.2, 0.25) is 0 Å². The first kappa shape index (κ1) is 22.6. The van der Waals surface area contributed by atoms with Crippen molar-refractivity contribution in [1.29, 1.82) is 0 Å². The molecule has 0 N–H and O–H groups in total. The minimum Gasteiger partial charge on any atom is -0.780 e. The van der Waals surface area contributed by atoms with Crippen LogP contribution in [0.15, 0.2) is 46.6 Å². The molecule has 0 saturated heterocycles. The molecule has 0 amide bonds. The van der Waals surface area contributed by atoms with Crippen LogP contribution in [0.5, 0.6) is 0 Å². The summed E-state index contributed by atoms with van der Waals surface area (Å²) in [4.78, 5) is 13.8. The summed E-state index contributed by atoms with van der Waals surface area (Å²) >= 11 is 9.67. The molecule has 0 atom stereocenters. The summed E-state index contributed by atoms with van der Waals surface area (Å²) in [5.41, 5.74) is 7.99. The molecular weight excluding hydrogens is 565 g/mol. The van der Waals surface area contributed by atoms with Gasteiger partial charge in [0.25, 0.3) is 0 Å². The van der Waals surface area contributed by atoms with Gasteiger partial charge in [-0.3, -0.25) is 15.0 Å². The maximum atomic E-state index is 4.85. The zero-order chi connectivity index (χ0) is 19.7. The summed E-state index contributed by atoms with van der Waals surface area (Å²) in [5, 5.41) is 2.95. The number of pyridine rings is 3. The van der Waals surface area contributed by atoms with Gasteiger partial charge in [-0.05, 0) is 62.9 Å². The maximum Gasteiger partial charge on any atom is 2.00 e. The summed E-state index contributed by atoms with van der Waals surface area (Å²) in [6, 6.07) is 8.00. The number of hydrogen-bond acceptors (Lipinski definition) is 5. The Bertz CT molecular complexity index is 1090. The van der Waals surface area contributed by atoms with Crippen LogP contribution in [0.1, 0.15) is 27.9 Å². The number of rotatable bonds is 0. The summed E-state index contributed by atoms with van der Waals surface area (Å²) in [6.45, 7) is 10.4. The van der Waals surface area contributed by atoms with Crippen LogP contribution in [0.3, 0.4) is 0 Å². The van der Waals surface area contributed by atoms with E-state index >= 15 is 0 Å². The predicted molar refractivity (Wildman–Crippen MR) is 116 cm³/mol. The first-order chi connectivity index (χ1) is 12.8. The molecule has 0 aliphatic rings. The summed E-state index contributed by atoms with van der Waals surface area (Å²) < 4.78 is 0. The third-order valence-corrected chi connectivity index (χ3v) is 5.65. The van der Waals surface area contributed by atoms with Crippen molar-refractivity contribution in [2.24, 2.45) is 0 Å². The van der Waals surface area contributed by atoms with Crippen molar-refractivity contribution < 1.29 is 21.1 Å². The van der Waals surface area contributed by atoms with Gasteiger partial charge in [-0.15, -0.1) is 5.03 Å². The molecule has 0 unspecified atom stereocenters. The van der Waals surface area contributed by atoms with Gasteiger partial charge in [0.15, 0.2) is 0 Å². The first-order valence-corrected chi connectivity index (χ1v) is 9.53. The van der Waals surface area contributed by atoms with Gasteiger partial charge in [-0.25, -0.2) is 0 Å². The van der Waals surface area contributed by atoms with Gasteiger partial charge < -0.3 is 25.3 Å². The first-order valence-electron chi connectivity index (χ1n) is 8.72. The van der Waals surface area contributed by atoms with E-state index in [1.54, 1.807) is 6.07 Å². The Balaban J connectivity index is 0.000000239. The topological polar surface area (TPSA) is 38.7 Å². The van der Waals surface area contributed by atoms with E-state index in [0.717, 1.165) is 16.7 Å². The zero-order valence-corrected chi connectivity index (χ0v) is 20.3. The molecule has 1 aromatic carbocycles. The third-order valence-electron chi connectivity index (χ3n) is 4.88. The van der Waals surface area contributed by atoms with Crippen molar-refractivity contribution in [3.8, 4) is 0 Å². The van der Waals surface area contributed by atoms with Gasteiger partial charge in [-0.2, -0.15) is 4.90 Å². The normalized spacial score (nSPS) is 10.3. The fourth-order valence-corrected chi connectivity index (χ4v) is 3.23. The molecule has 3 aromatic heterocycles. The Morgan fingerprint density at radius 3 is 1.54 bits per heavy atom. The van der Waals surface area contributed by atoms with E-state index in [1.807, 2.05) is 25.4 Å². The van der Waals surface area contributed by atoms with E-state index in [-0.39, 0.29) is 21.1 Å². The maximum absolute atomic E-state index is 4.85. The van der Waals surface area contributed by atoms with Gasteiger partial charge in [0.05, 0.1) is 11.0 Å². The quantitative estimate of drug-likeness (QED) is 0.209. The van der Waals surface area contributed by atoms with Crippen LogP contribution in [0.4, 0.5) is 0 Å². The molecule has 0 radical (unpaired) electrons. The van der Waals surface area contributed by atoms with Crippen LogP contribution in [0, 0.1) is 34.6 Å². The summed E-state index contributed by atoms with van der Waals surface area (Å²) in [6.07, 6.45) is 3.88. The van der Waals surface area contributed by atoms with Gasteiger partial charge in [-0.1, -0.05) is 18.2 Å². The van der Waals surface area contributed by atoms with E-state index in [2.05, 4.69) is 54.8 Å². The second kappa shape index (κ2) is 9.21. The average molecular weight is 587 g/mol. The van der Waals surface area contributed by atoms with Crippen LogP contribution in [0.25, 0.3) is 21.8 Å². The molecule has 146 valence electrons. The Morgan fingerprint density at radius 1 is 0.679 bits per heavy atom. The average Bonchev–Trinajstić information content (AvgIpc) is 2.65. The van der Waals surface area contributed by atoms with E-state index < -0.39 is 0 Å². The number of aromatic nitrogens is 3. The van der Waals surface area contributed by atoms with Crippen molar-refractivity contribution in [3.05, 3.63) is 64.6 Å². The molecule has 0 fully saturated rings. The summed E-state index contributed by atoms with van der Waals surface area (Å²) in [7, 11) is 0. The smallest absolute Gasteiger partial charge is 0.780 e. The number of aryl methyl sites for hydroxylation is 5. The van der Waals surface area contributed by atoms with E-state index in [0.29, 0.717) is 9.92 Å². The van der Waals surface area contributed by atoms with Crippen molar-refractivity contribution in [2.75, 3.05) is 0 Å². The van der Waals surface area contributed by atoms with Gasteiger partial charge in [0, 0.05) is 28.9 Å². The largest absolute Gasteiger partial charge is 2.00 e. The van der Waals surface area contributed by atoms with Crippen LogP contribution in [-0.2, 0) is 46.3 Å². The molecule has 3 heterocycles. The molecular formula is C22H21N3PtS2. The monoisotopic (exact) mass is 586 g/mol. The van der Waals surface area contributed by atoms with Crippen LogP contribution < -0.4 is 0 Å². The van der Waals surface area contributed by atoms with E-state index in [1.165, 1.54) is 33.0 Å². The molecule has 4 rings (SSSR count). The molecule has 0 aliphatic heterocycles. The number of nitrogens with zero attached hydrogens (tertiary/aromatic N) is 3. The predicted octanol–water partition coefficient (Wildman–Crippen LogP) is 5.22. The second-order valence-electron chi connectivity index (χ2n) is 6.75. The van der Waals surface area contributed by atoms with Crippen molar-refractivity contribution in [3.63, 3.8) is 0 Å². The standard InChI is InChI=1S/C16H16N2.C6H7NS2.Pt/c1-9-7-17-15-13(11(9)3)5-6-14-12(4)10(2)8-18-16(14)15;1-4-2-3-5(8)6(9)7-4;/h5-8H,1-4H3;2-3,8H,1H3,(H,7,9);/q;;+2/p-2. The molecule has 3 nitrogen and oxygen atoms in total. The Morgan fingerprint density at radius 2 is 1.14 bits per heavy atom.